The number of hydrogen-bond acceptors (Lipinski definition) is 7. The van der Waals surface area contributed by atoms with Gasteiger partial charge in [0.1, 0.15) is 23.5 Å². The molecule has 0 amide bonds. The normalized spacial score (nSPS) is 13.6. The number of rotatable bonds is 6. The van der Waals surface area contributed by atoms with Crippen LogP contribution in [0.4, 0.5) is 11.5 Å². The molecule has 5 aromatic rings. The Labute approximate surface area is 197 Å². The van der Waals surface area contributed by atoms with Gasteiger partial charge in [0.05, 0.1) is 23.8 Å². The van der Waals surface area contributed by atoms with Crippen molar-refractivity contribution in [1.82, 2.24) is 34.3 Å². The van der Waals surface area contributed by atoms with Crippen LogP contribution in [0.5, 0.6) is 0 Å². The van der Waals surface area contributed by atoms with E-state index < -0.39 is 0 Å². The van der Waals surface area contributed by atoms with Crippen LogP contribution in [0.25, 0.3) is 28.3 Å². The van der Waals surface area contributed by atoms with Gasteiger partial charge in [-0.05, 0) is 24.5 Å². The number of hydrogen-bond donors (Lipinski definition) is 1. The van der Waals surface area contributed by atoms with Gasteiger partial charge < -0.3 is 10.2 Å². The van der Waals surface area contributed by atoms with Crippen LogP contribution in [0, 0.1) is 0 Å². The highest BCUT2D eigenvalue weighted by atomic mass is 15.4. The summed E-state index contributed by atoms with van der Waals surface area (Å²) in [6, 6.07) is 14.6. The Balaban J connectivity index is 1.18. The van der Waals surface area contributed by atoms with E-state index in [1.807, 2.05) is 19.3 Å². The molecule has 0 saturated carbocycles. The first-order valence-corrected chi connectivity index (χ1v) is 11.5. The number of anilines is 2. The third-order valence-corrected chi connectivity index (χ3v) is 6.22. The van der Waals surface area contributed by atoms with Gasteiger partial charge >= 0.3 is 0 Å². The molecule has 4 aromatic heterocycles. The van der Waals surface area contributed by atoms with Gasteiger partial charge in [-0.15, -0.1) is 0 Å². The van der Waals surface area contributed by atoms with Crippen molar-refractivity contribution >= 4 is 17.2 Å². The van der Waals surface area contributed by atoms with Gasteiger partial charge in [0.25, 0.3) is 0 Å². The molecule has 1 N–H and O–H groups in total. The Bertz CT molecular complexity index is 1430. The molecule has 1 aliphatic heterocycles. The second-order valence-electron chi connectivity index (χ2n) is 8.51. The average Bonchev–Trinajstić information content (AvgIpc) is 3.64. The van der Waals surface area contributed by atoms with Crippen molar-refractivity contribution in [2.45, 2.75) is 19.4 Å². The lowest BCUT2D eigenvalue weighted by Crippen LogP contribution is -2.17. The van der Waals surface area contributed by atoms with E-state index in [9.17, 15) is 0 Å². The fraction of sp³-hybridized carbons (Fsp3) is 0.240. The molecular formula is C25H25N9. The minimum atomic E-state index is 0.656. The Morgan fingerprint density at radius 1 is 0.912 bits per heavy atom. The predicted octanol–water partition coefficient (Wildman–Crippen LogP) is 3.80. The second kappa shape index (κ2) is 8.58. The quantitative estimate of drug-likeness (QED) is 0.420. The summed E-state index contributed by atoms with van der Waals surface area (Å²) >= 11 is 0. The first kappa shape index (κ1) is 20.3. The summed E-state index contributed by atoms with van der Waals surface area (Å²) in [5.74, 6) is 0.770. The molecule has 5 heterocycles. The smallest absolute Gasteiger partial charge is 0.139 e. The number of pyridine rings is 1. The Hall–Kier alpha value is -4.27. The maximum Gasteiger partial charge on any atom is 0.139 e. The lowest BCUT2D eigenvalue weighted by atomic mass is 10.1. The average molecular weight is 452 g/mol. The number of aryl methyl sites for hydroxylation is 1. The van der Waals surface area contributed by atoms with E-state index in [1.54, 1.807) is 17.3 Å². The fourth-order valence-corrected chi connectivity index (χ4v) is 4.39. The van der Waals surface area contributed by atoms with E-state index in [2.05, 4.69) is 82.4 Å². The van der Waals surface area contributed by atoms with E-state index >= 15 is 0 Å². The summed E-state index contributed by atoms with van der Waals surface area (Å²) in [6.45, 7) is 2.89. The highest BCUT2D eigenvalue weighted by Crippen LogP contribution is 2.25. The summed E-state index contributed by atoms with van der Waals surface area (Å²) in [5, 5.41) is 11.9. The molecule has 0 unspecified atom stereocenters. The lowest BCUT2D eigenvalue weighted by molar-refractivity contribution is 0.655. The Morgan fingerprint density at radius 2 is 1.76 bits per heavy atom. The maximum absolute atomic E-state index is 4.63. The largest absolute Gasteiger partial charge is 0.371 e. The number of benzene rings is 1. The van der Waals surface area contributed by atoms with Crippen LogP contribution in [0.3, 0.4) is 0 Å². The van der Waals surface area contributed by atoms with E-state index in [1.165, 1.54) is 18.5 Å². The molecule has 1 saturated heterocycles. The van der Waals surface area contributed by atoms with Gasteiger partial charge in [0, 0.05) is 56.3 Å². The third kappa shape index (κ3) is 3.96. The number of aromatic nitrogens is 7. The van der Waals surface area contributed by atoms with Crippen molar-refractivity contribution in [1.29, 1.82) is 0 Å². The van der Waals surface area contributed by atoms with Crippen molar-refractivity contribution in [2.24, 2.45) is 7.05 Å². The Morgan fingerprint density at radius 3 is 2.56 bits per heavy atom. The van der Waals surface area contributed by atoms with Gasteiger partial charge in [0.15, 0.2) is 0 Å². The van der Waals surface area contributed by atoms with Crippen LogP contribution in [0.2, 0.25) is 0 Å². The van der Waals surface area contributed by atoms with Crippen molar-refractivity contribution < 1.29 is 0 Å². The molecular weight excluding hydrogens is 426 g/mol. The second-order valence-corrected chi connectivity index (χ2v) is 8.51. The summed E-state index contributed by atoms with van der Waals surface area (Å²) in [5.41, 5.74) is 6.99. The van der Waals surface area contributed by atoms with Gasteiger partial charge in [0.2, 0.25) is 0 Å². The van der Waals surface area contributed by atoms with E-state index in [0.717, 1.165) is 52.8 Å². The van der Waals surface area contributed by atoms with Gasteiger partial charge in [-0.25, -0.2) is 15.0 Å². The molecule has 0 aliphatic carbocycles. The summed E-state index contributed by atoms with van der Waals surface area (Å²) in [7, 11) is 1.82. The van der Waals surface area contributed by atoms with E-state index in [0.29, 0.717) is 6.54 Å². The molecule has 0 atom stereocenters. The number of fused-ring (bicyclic) bond motifs is 1. The van der Waals surface area contributed by atoms with Crippen LogP contribution in [0.15, 0.2) is 67.4 Å². The predicted molar refractivity (Wildman–Crippen MR) is 131 cm³/mol. The molecule has 6 rings (SSSR count). The SMILES string of the molecule is Cn1ncc(-c2ccc(CNc3cc(-c4cnc5cc(N6CCCC6)ccn45)ncn3)cc2)n1. The van der Waals surface area contributed by atoms with Crippen molar-refractivity contribution in [2.75, 3.05) is 23.3 Å². The molecule has 0 bridgehead atoms. The highest BCUT2D eigenvalue weighted by molar-refractivity contribution is 5.66. The van der Waals surface area contributed by atoms with Crippen LogP contribution >= 0.6 is 0 Å². The number of nitrogens with zero attached hydrogens (tertiary/aromatic N) is 8. The zero-order chi connectivity index (χ0) is 22.9. The number of nitrogens with one attached hydrogen (secondary N) is 1. The topological polar surface area (TPSA) is 89.1 Å². The summed E-state index contributed by atoms with van der Waals surface area (Å²) in [6.07, 6.45) is 9.83. The zero-order valence-corrected chi connectivity index (χ0v) is 19.0. The molecule has 9 heteroatoms. The molecule has 34 heavy (non-hydrogen) atoms. The first-order valence-electron chi connectivity index (χ1n) is 11.5. The number of imidazole rings is 1. The van der Waals surface area contributed by atoms with Gasteiger partial charge in [-0.1, -0.05) is 24.3 Å². The summed E-state index contributed by atoms with van der Waals surface area (Å²) in [4.78, 5) is 17.5. The molecule has 1 aromatic carbocycles. The molecule has 0 radical (unpaired) electrons. The van der Waals surface area contributed by atoms with Gasteiger partial charge in [-0.3, -0.25) is 4.40 Å². The first-order chi connectivity index (χ1) is 16.7. The van der Waals surface area contributed by atoms with Crippen LogP contribution in [-0.4, -0.2) is 47.4 Å². The van der Waals surface area contributed by atoms with Crippen LogP contribution in [0.1, 0.15) is 18.4 Å². The molecule has 1 aliphatic rings. The molecule has 9 nitrogen and oxygen atoms in total. The minimum absolute atomic E-state index is 0.656. The maximum atomic E-state index is 4.63. The Kier molecular flexibility index (Phi) is 5.14. The van der Waals surface area contributed by atoms with Crippen LogP contribution < -0.4 is 10.2 Å². The van der Waals surface area contributed by atoms with Crippen molar-refractivity contribution in [3.63, 3.8) is 0 Å². The van der Waals surface area contributed by atoms with Crippen molar-refractivity contribution in [3.05, 3.63) is 72.9 Å². The van der Waals surface area contributed by atoms with E-state index in [4.69, 9.17) is 0 Å². The molecule has 170 valence electrons. The zero-order valence-electron chi connectivity index (χ0n) is 19.0. The minimum Gasteiger partial charge on any atom is -0.371 e. The molecule has 0 spiro atoms. The monoisotopic (exact) mass is 451 g/mol. The fourth-order valence-electron chi connectivity index (χ4n) is 4.39. The highest BCUT2D eigenvalue weighted by Gasteiger charge is 2.15. The van der Waals surface area contributed by atoms with Crippen LogP contribution in [-0.2, 0) is 13.6 Å². The third-order valence-electron chi connectivity index (χ3n) is 6.22. The lowest BCUT2D eigenvalue weighted by Gasteiger charge is -2.17. The molecule has 1 fully saturated rings. The van der Waals surface area contributed by atoms with Gasteiger partial charge in [-0.2, -0.15) is 15.0 Å². The standard InChI is InChI=1S/C25H25N9/c1-32-30-15-22(31-32)19-6-4-18(5-7-19)14-26-24-13-21(28-17-29-24)23-16-27-25-12-20(8-11-34(23)25)33-9-2-3-10-33/h4-8,11-13,15-17H,2-3,9-10,14H2,1H3,(H,26,28,29). The van der Waals surface area contributed by atoms with E-state index in [-0.39, 0.29) is 0 Å². The van der Waals surface area contributed by atoms with Crippen molar-refractivity contribution in [3.8, 4) is 22.6 Å². The summed E-state index contributed by atoms with van der Waals surface area (Å²) < 4.78 is 2.08.